The number of carbonyl (C=O) groups is 1. The van der Waals surface area contributed by atoms with Crippen molar-refractivity contribution in [3.63, 3.8) is 0 Å². The van der Waals surface area contributed by atoms with Gasteiger partial charge in [-0.3, -0.25) is 4.79 Å². The number of rotatable bonds is 4. The first-order valence-electron chi connectivity index (χ1n) is 9.19. The summed E-state index contributed by atoms with van der Waals surface area (Å²) in [5.41, 5.74) is 1.61. The van der Waals surface area contributed by atoms with Gasteiger partial charge in [0.05, 0.1) is 12.8 Å². The lowest BCUT2D eigenvalue weighted by Crippen LogP contribution is -2.49. The summed E-state index contributed by atoms with van der Waals surface area (Å²) in [6.45, 7) is 4.66. The van der Waals surface area contributed by atoms with E-state index in [1.54, 1.807) is 23.9 Å². The van der Waals surface area contributed by atoms with E-state index in [0.29, 0.717) is 24.5 Å². The summed E-state index contributed by atoms with van der Waals surface area (Å²) < 4.78 is 6.85. The molecule has 0 unspecified atom stereocenters. The molecule has 0 N–H and O–H groups in total. The van der Waals surface area contributed by atoms with Crippen molar-refractivity contribution in [2.24, 2.45) is 0 Å². The largest absolute Gasteiger partial charge is 0.497 e. The van der Waals surface area contributed by atoms with Gasteiger partial charge in [-0.1, -0.05) is 0 Å². The molecule has 1 saturated heterocycles. The summed E-state index contributed by atoms with van der Waals surface area (Å²) in [4.78, 5) is 16.7. The third-order valence-electron chi connectivity index (χ3n) is 4.82. The molecule has 1 aliphatic rings. The Kier molecular flexibility index (Phi) is 4.92. The van der Waals surface area contributed by atoms with Gasteiger partial charge in [-0.2, -0.15) is 5.10 Å². The average molecular weight is 378 g/mol. The molecule has 0 radical (unpaired) electrons. The molecular weight excluding hydrogens is 356 g/mol. The van der Waals surface area contributed by atoms with Crippen LogP contribution in [0.1, 0.15) is 16.1 Å². The van der Waals surface area contributed by atoms with Crippen LogP contribution in [0.15, 0.2) is 48.7 Å². The fourth-order valence-electron chi connectivity index (χ4n) is 3.21. The minimum atomic E-state index is 0.0396. The maximum Gasteiger partial charge on any atom is 0.253 e. The fraction of sp³-hybridized carbons (Fsp3) is 0.300. The zero-order chi connectivity index (χ0) is 19.5. The van der Waals surface area contributed by atoms with Gasteiger partial charge in [-0.05, 0) is 49.4 Å². The Morgan fingerprint density at radius 1 is 0.929 bits per heavy atom. The van der Waals surface area contributed by atoms with Gasteiger partial charge in [0.1, 0.15) is 5.75 Å². The van der Waals surface area contributed by atoms with Crippen molar-refractivity contribution in [1.82, 2.24) is 24.9 Å². The van der Waals surface area contributed by atoms with Gasteiger partial charge < -0.3 is 14.5 Å². The number of nitrogens with zero attached hydrogens (tertiary/aromatic N) is 6. The van der Waals surface area contributed by atoms with E-state index in [4.69, 9.17) is 4.74 Å². The van der Waals surface area contributed by atoms with E-state index in [-0.39, 0.29) is 5.91 Å². The molecule has 1 aliphatic heterocycles. The predicted octanol–water partition coefficient (Wildman–Crippen LogP) is 1.94. The van der Waals surface area contributed by atoms with Crippen LogP contribution in [0.4, 0.5) is 5.82 Å². The number of hydrogen-bond acceptors (Lipinski definition) is 6. The van der Waals surface area contributed by atoms with E-state index in [2.05, 4.69) is 20.2 Å². The van der Waals surface area contributed by atoms with Gasteiger partial charge in [0.15, 0.2) is 11.6 Å². The second kappa shape index (κ2) is 7.67. The summed E-state index contributed by atoms with van der Waals surface area (Å²) in [5, 5.41) is 12.9. The van der Waals surface area contributed by atoms with Gasteiger partial charge in [0.2, 0.25) is 0 Å². The van der Waals surface area contributed by atoms with Crippen molar-refractivity contribution >= 4 is 11.7 Å². The highest BCUT2D eigenvalue weighted by Gasteiger charge is 2.23. The van der Waals surface area contributed by atoms with Gasteiger partial charge in [-0.25, -0.2) is 4.68 Å². The number of piperazine rings is 1. The Morgan fingerprint density at radius 2 is 1.61 bits per heavy atom. The van der Waals surface area contributed by atoms with E-state index in [0.717, 1.165) is 30.4 Å². The first-order valence-corrected chi connectivity index (χ1v) is 9.19. The van der Waals surface area contributed by atoms with Gasteiger partial charge >= 0.3 is 0 Å². The Balaban J connectivity index is 1.37. The summed E-state index contributed by atoms with van der Waals surface area (Å²) in [6, 6.07) is 13.0. The molecule has 0 bridgehead atoms. The number of aryl methyl sites for hydroxylation is 1. The number of amides is 1. The Bertz CT molecular complexity index is 944. The third kappa shape index (κ3) is 3.66. The first-order chi connectivity index (χ1) is 13.6. The SMILES string of the molecule is COc1ccc(C(=O)N2CCN(c3ccc(-n4ccc(C)n4)nn3)CC2)cc1. The van der Waals surface area contributed by atoms with Crippen LogP contribution in [-0.2, 0) is 0 Å². The first kappa shape index (κ1) is 18.0. The summed E-state index contributed by atoms with van der Waals surface area (Å²) in [6.07, 6.45) is 1.86. The van der Waals surface area contributed by atoms with Crippen LogP contribution in [0.25, 0.3) is 5.82 Å². The number of methoxy groups -OCH3 is 1. The van der Waals surface area contributed by atoms with Crippen LogP contribution in [-0.4, -0.2) is 64.1 Å². The lowest BCUT2D eigenvalue weighted by atomic mass is 10.1. The van der Waals surface area contributed by atoms with E-state index in [1.165, 1.54) is 0 Å². The molecule has 1 fully saturated rings. The molecule has 1 aromatic carbocycles. The Morgan fingerprint density at radius 3 is 2.18 bits per heavy atom. The van der Waals surface area contributed by atoms with E-state index in [9.17, 15) is 4.79 Å². The highest BCUT2D eigenvalue weighted by Crippen LogP contribution is 2.17. The molecule has 0 spiro atoms. The van der Waals surface area contributed by atoms with Crippen LogP contribution in [0.2, 0.25) is 0 Å². The normalized spacial score (nSPS) is 14.2. The van der Waals surface area contributed by atoms with Gasteiger partial charge in [-0.15, -0.1) is 10.2 Å². The van der Waals surface area contributed by atoms with Crippen LogP contribution in [0.5, 0.6) is 5.75 Å². The molecule has 144 valence electrons. The molecule has 8 nitrogen and oxygen atoms in total. The fourth-order valence-corrected chi connectivity index (χ4v) is 3.21. The van der Waals surface area contributed by atoms with Crippen molar-refractivity contribution < 1.29 is 9.53 Å². The number of benzene rings is 1. The molecule has 3 heterocycles. The molecule has 0 saturated carbocycles. The number of ether oxygens (including phenoxy) is 1. The highest BCUT2D eigenvalue weighted by atomic mass is 16.5. The van der Waals surface area contributed by atoms with Crippen molar-refractivity contribution in [1.29, 1.82) is 0 Å². The molecule has 4 rings (SSSR count). The molecule has 1 amide bonds. The number of carbonyl (C=O) groups excluding carboxylic acids is 1. The van der Waals surface area contributed by atoms with Crippen LogP contribution in [0, 0.1) is 6.92 Å². The lowest BCUT2D eigenvalue weighted by molar-refractivity contribution is 0.0746. The van der Waals surface area contributed by atoms with Crippen molar-refractivity contribution in [2.45, 2.75) is 6.92 Å². The number of hydrogen-bond donors (Lipinski definition) is 0. The average Bonchev–Trinajstić information content (AvgIpc) is 3.20. The second-order valence-corrected chi connectivity index (χ2v) is 6.66. The summed E-state index contributed by atoms with van der Waals surface area (Å²) in [7, 11) is 1.61. The molecule has 0 atom stereocenters. The molecule has 2 aromatic heterocycles. The monoisotopic (exact) mass is 378 g/mol. The van der Waals surface area contributed by atoms with E-state index < -0.39 is 0 Å². The van der Waals surface area contributed by atoms with Crippen LogP contribution in [0.3, 0.4) is 0 Å². The molecule has 3 aromatic rings. The van der Waals surface area contributed by atoms with Crippen molar-refractivity contribution in [2.75, 3.05) is 38.2 Å². The molecule has 0 aliphatic carbocycles. The second-order valence-electron chi connectivity index (χ2n) is 6.66. The maximum absolute atomic E-state index is 12.7. The summed E-state index contributed by atoms with van der Waals surface area (Å²) in [5.74, 6) is 2.28. The van der Waals surface area contributed by atoms with Crippen LogP contribution < -0.4 is 9.64 Å². The maximum atomic E-state index is 12.7. The van der Waals surface area contributed by atoms with Gasteiger partial charge in [0, 0.05) is 37.9 Å². The van der Waals surface area contributed by atoms with Crippen molar-refractivity contribution in [3.05, 3.63) is 59.9 Å². The highest BCUT2D eigenvalue weighted by molar-refractivity contribution is 5.94. The minimum absolute atomic E-state index is 0.0396. The standard InChI is InChI=1S/C20H22N6O2/c1-15-9-10-26(23-15)19-8-7-18(21-22-19)24-11-13-25(14-12-24)20(27)16-3-5-17(28-2)6-4-16/h3-10H,11-14H2,1-2H3. The van der Waals surface area contributed by atoms with E-state index in [1.807, 2.05) is 48.4 Å². The third-order valence-corrected chi connectivity index (χ3v) is 4.82. The Hall–Kier alpha value is -3.42. The molecule has 8 heteroatoms. The van der Waals surface area contributed by atoms with Gasteiger partial charge in [0.25, 0.3) is 5.91 Å². The molecular formula is C20H22N6O2. The topological polar surface area (TPSA) is 76.4 Å². The van der Waals surface area contributed by atoms with Crippen LogP contribution >= 0.6 is 0 Å². The number of aromatic nitrogens is 4. The summed E-state index contributed by atoms with van der Waals surface area (Å²) >= 11 is 0. The number of anilines is 1. The quantitative estimate of drug-likeness (QED) is 0.691. The zero-order valence-corrected chi connectivity index (χ0v) is 15.9. The predicted molar refractivity (Wildman–Crippen MR) is 105 cm³/mol. The smallest absolute Gasteiger partial charge is 0.253 e. The minimum Gasteiger partial charge on any atom is -0.497 e. The van der Waals surface area contributed by atoms with E-state index >= 15 is 0 Å². The Labute approximate surface area is 163 Å². The van der Waals surface area contributed by atoms with Crippen molar-refractivity contribution in [3.8, 4) is 11.6 Å². The lowest BCUT2D eigenvalue weighted by Gasteiger charge is -2.35. The molecule has 28 heavy (non-hydrogen) atoms. The zero-order valence-electron chi connectivity index (χ0n) is 15.9.